The van der Waals surface area contributed by atoms with Crippen LogP contribution < -0.4 is 0 Å². The number of carbonyl (C=O) groups is 1. The Hall–Kier alpha value is -1.85. The van der Waals surface area contributed by atoms with Crippen molar-refractivity contribution < 1.29 is 9.90 Å². The molecule has 1 aromatic carbocycles. The monoisotopic (exact) mass is 321 g/mol. The molecule has 0 amide bonds. The molecule has 2 heterocycles. The van der Waals surface area contributed by atoms with E-state index in [1.807, 2.05) is 31.3 Å². The van der Waals surface area contributed by atoms with Crippen molar-refractivity contribution in [1.29, 1.82) is 0 Å². The van der Waals surface area contributed by atoms with E-state index in [-0.39, 0.29) is 24.2 Å². The summed E-state index contributed by atoms with van der Waals surface area (Å²) < 4.78 is 1.78. The van der Waals surface area contributed by atoms with E-state index in [0.717, 1.165) is 18.8 Å². The van der Waals surface area contributed by atoms with Crippen LogP contribution in [0.1, 0.15) is 17.2 Å². The predicted octanol–water partition coefficient (Wildman–Crippen LogP) is 2.14. The maximum Gasteiger partial charge on any atom is 0.308 e. The number of carboxylic acids is 1. The van der Waals surface area contributed by atoms with E-state index >= 15 is 0 Å². The highest BCUT2D eigenvalue weighted by Gasteiger charge is 2.39. The molecule has 2 atom stereocenters. The highest BCUT2D eigenvalue weighted by Crippen LogP contribution is 2.33. The Morgan fingerprint density at radius 1 is 1.27 bits per heavy atom. The van der Waals surface area contributed by atoms with Crippen molar-refractivity contribution in [2.24, 2.45) is 13.0 Å². The molecule has 1 N–H and O–H groups in total. The van der Waals surface area contributed by atoms with Gasteiger partial charge in [-0.2, -0.15) is 5.10 Å². The van der Waals surface area contributed by atoms with Gasteiger partial charge in [-0.25, -0.2) is 0 Å². The van der Waals surface area contributed by atoms with Gasteiger partial charge < -0.3 is 5.11 Å². The number of carboxylic acid groups (broad SMARTS) is 1. The molecular formula is C16H20ClN3O2. The molecule has 118 valence electrons. The third-order valence-corrected chi connectivity index (χ3v) is 4.20. The number of rotatable bonds is 4. The van der Waals surface area contributed by atoms with E-state index in [1.165, 1.54) is 5.56 Å². The van der Waals surface area contributed by atoms with Gasteiger partial charge in [0.15, 0.2) is 0 Å². The molecule has 1 saturated heterocycles. The minimum absolute atomic E-state index is 0. The van der Waals surface area contributed by atoms with Crippen LogP contribution >= 0.6 is 12.4 Å². The topological polar surface area (TPSA) is 58.4 Å². The first-order valence-corrected chi connectivity index (χ1v) is 7.12. The third kappa shape index (κ3) is 3.31. The summed E-state index contributed by atoms with van der Waals surface area (Å²) in [4.78, 5) is 13.8. The molecule has 1 aromatic heterocycles. The lowest BCUT2D eigenvalue weighted by molar-refractivity contribution is -0.141. The highest BCUT2D eigenvalue weighted by molar-refractivity contribution is 5.85. The zero-order valence-corrected chi connectivity index (χ0v) is 13.2. The van der Waals surface area contributed by atoms with Crippen LogP contribution in [-0.4, -0.2) is 38.8 Å². The normalized spacial score (nSPS) is 21.5. The third-order valence-electron chi connectivity index (χ3n) is 4.20. The lowest BCUT2D eigenvalue weighted by Crippen LogP contribution is -2.23. The Balaban J connectivity index is 0.00000176. The molecule has 5 nitrogen and oxygen atoms in total. The van der Waals surface area contributed by atoms with Gasteiger partial charge in [-0.15, -0.1) is 12.4 Å². The van der Waals surface area contributed by atoms with Crippen molar-refractivity contribution in [2.45, 2.75) is 12.5 Å². The fraction of sp³-hybridized carbons (Fsp3) is 0.375. The van der Waals surface area contributed by atoms with Gasteiger partial charge in [0.2, 0.25) is 0 Å². The molecule has 6 heteroatoms. The van der Waals surface area contributed by atoms with Crippen molar-refractivity contribution in [3.63, 3.8) is 0 Å². The fourth-order valence-corrected chi connectivity index (χ4v) is 3.15. The summed E-state index contributed by atoms with van der Waals surface area (Å²) in [5.41, 5.74) is 2.21. The minimum atomic E-state index is -0.725. The molecule has 1 aliphatic rings. The number of hydrogen-bond donors (Lipinski definition) is 1. The van der Waals surface area contributed by atoms with E-state index in [9.17, 15) is 9.90 Å². The number of likely N-dealkylation sites (tertiary alicyclic amines) is 1. The minimum Gasteiger partial charge on any atom is -0.481 e. The Morgan fingerprint density at radius 2 is 2.00 bits per heavy atom. The van der Waals surface area contributed by atoms with Gasteiger partial charge in [-0.05, 0) is 11.6 Å². The Labute approximate surface area is 136 Å². The first-order chi connectivity index (χ1) is 10.1. The Bertz CT molecular complexity index is 629. The van der Waals surface area contributed by atoms with Crippen LogP contribution in [0.3, 0.4) is 0 Å². The van der Waals surface area contributed by atoms with Crippen molar-refractivity contribution >= 4 is 18.4 Å². The van der Waals surface area contributed by atoms with Crippen LogP contribution in [0.15, 0.2) is 42.6 Å². The second-order valence-corrected chi connectivity index (χ2v) is 5.61. The second-order valence-electron chi connectivity index (χ2n) is 5.61. The van der Waals surface area contributed by atoms with Crippen LogP contribution in [0.2, 0.25) is 0 Å². The van der Waals surface area contributed by atoms with Gasteiger partial charge in [0.05, 0.1) is 5.92 Å². The second kappa shape index (κ2) is 6.94. The average molecular weight is 322 g/mol. The van der Waals surface area contributed by atoms with Gasteiger partial charge in [0.25, 0.3) is 0 Å². The molecule has 0 spiro atoms. The molecule has 0 radical (unpaired) electrons. The smallest absolute Gasteiger partial charge is 0.308 e. The number of hydrogen-bond acceptors (Lipinski definition) is 3. The van der Waals surface area contributed by atoms with Crippen molar-refractivity contribution in [3.05, 3.63) is 53.9 Å². The molecular weight excluding hydrogens is 302 g/mol. The molecule has 0 saturated carbocycles. The van der Waals surface area contributed by atoms with Crippen molar-refractivity contribution in [2.75, 3.05) is 13.1 Å². The lowest BCUT2D eigenvalue weighted by Gasteiger charge is -2.16. The van der Waals surface area contributed by atoms with E-state index in [1.54, 1.807) is 10.9 Å². The molecule has 2 aromatic rings. The SMILES string of the molecule is Cl.Cn1nccc1[C@@H]1CN(Cc2ccccc2)C[C@H]1C(=O)O. The Kier molecular flexibility index (Phi) is 5.21. The molecule has 0 aliphatic carbocycles. The number of benzene rings is 1. The zero-order valence-electron chi connectivity index (χ0n) is 12.4. The first-order valence-electron chi connectivity index (χ1n) is 7.12. The van der Waals surface area contributed by atoms with Gasteiger partial charge in [0, 0.05) is 44.5 Å². The summed E-state index contributed by atoms with van der Waals surface area (Å²) in [6.07, 6.45) is 1.73. The number of aliphatic carboxylic acids is 1. The standard InChI is InChI=1S/C16H19N3O2.ClH/c1-18-15(7-8-17-18)13-10-19(11-14(13)16(20)21)9-12-5-3-2-4-6-12;/h2-8,13-14H,9-11H2,1H3,(H,20,21);1H/t13-,14-;/m1./s1. The summed E-state index contributed by atoms with van der Waals surface area (Å²) in [5, 5.41) is 13.7. The lowest BCUT2D eigenvalue weighted by atomic mass is 9.93. The van der Waals surface area contributed by atoms with Crippen LogP contribution in [0.4, 0.5) is 0 Å². The summed E-state index contributed by atoms with van der Waals surface area (Å²) in [5.74, 6) is -1.10. The molecule has 1 aliphatic heterocycles. The van der Waals surface area contributed by atoms with Gasteiger partial charge in [-0.3, -0.25) is 14.4 Å². The van der Waals surface area contributed by atoms with Crippen molar-refractivity contribution in [1.82, 2.24) is 14.7 Å². The number of aromatic nitrogens is 2. The van der Waals surface area contributed by atoms with Crippen LogP contribution in [0, 0.1) is 5.92 Å². The number of aryl methyl sites for hydroxylation is 1. The number of halogens is 1. The highest BCUT2D eigenvalue weighted by atomic mass is 35.5. The van der Waals surface area contributed by atoms with Gasteiger partial charge in [0.1, 0.15) is 0 Å². The summed E-state index contributed by atoms with van der Waals surface area (Å²) in [6, 6.07) is 12.1. The molecule has 3 rings (SSSR count). The molecule has 1 fully saturated rings. The van der Waals surface area contributed by atoms with E-state index in [0.29, 0.717) is 6.54 Å². The summed E-state index contributed by atoms with van der Waals surface area (Å²) in [7, 11) is 1.87. The maximum absolute atomic E-state index is 11.6. The average Bonchev–Trinajstić information content (AvgIpc) is 3.06. The fourth-order valence-electron chi connectivity index (χ4n) is 3.15. The zero-order chi connectivity index (χ0) is 14.8. The Morgan fingerprint density at radius 3 is 2.59 bits per heavy atom. The quantitative estimate of drug-likeness (QED) is 0.937. The number of nitrogens with zero attached hydrogens (tertiary/aromatic N) is 3. The van der Waals surface area contributed by atoms with Crippen LogP contribution in [0.25, 0.3) is 0 Å². The van der Waals surface area contributed by atoms with E-state index < -0.39 is 5.97 Å². The predicted molar refractivity (Wildman–Crippen MR) is 86.0 cm³/mol. The van der Waals surface area contributed by atoms with Gasteiger partial charge >= 0.3 is 5.97 Å². The largest absolute Gasteiger partial charge is 0.481 e. The van der Waals surface area contributed by atoms with Crippen molar-refractivity contribution in [3.8, 4) is 0 Å². The maximum atomic E-state index is 11.6. The van der Waals surface area contributed by atoms with Crippen LogP contribution in [0.5, 0.6) is 0 Å². The summed E-state index contributed by atoms with van der Waals surface area (Å²) in [6.45, 7) is 2.13. The molecule has 22 heavy (non-hydrogen) atoms. The summed E-state index contributed by atoms with van der Waals surface area (Å²) >= 11 is 0. The van der Waals surface area contributed by atoms with E-state index in [2.05, 4.69) is 22.1 Å². The molecule has 0 unspecified atom stereocenters. The van der Waals surface area contributed by atoms with Gasteiger partial charge in [-0.1, -0.05) is 30.3 Å². The first kappa shape index (κ1) is 16.5. The molecule has 0 bridgehead atoms. The van der Waals surface area contributed by atoms with E-state index in [4.69, 9.17) is 0 Å². The van der Waals surface area contributed by atoms with Crippen LogP contribution in [-0.2, 0) is 18.4 Å².